The van der Waals surface area contributed by atoms with Gasteiger partial charge in [-0.05, 0) is 110 Å². The van der Waals surface area contributed by atoms with E-state index < -0.39 is 37.3 Å². The molecule has 6 heteroatoms. The number of rotatable bonds is 9. The first-order valence-electron chi connectivity index (χ1n) is 17.1. The average molecular weight is 577 g/mol. The quantitative estimate of drug-likeness (QED) is 0.257. The maximum Gasteiger partial charge on any atom is 0.186 e. The summed E-state index contributed by atoms with van der Waals surface area (Å²) in [6, 6.07) is 0. The molecule has 5 rings (SSSR count). The van der Waals surface area contributed by atoms with Gasteiger partial charge in [0.25, 0.3) is 0 Å². The minimum absolute atomic E-state index is 0.101. The molecule has 5 aliphatic rings. The second-order valence-electron chi connectivity index (χ2n) is 15.7. The second-order valence-corrected chi connectivity index (χ2v) is 15.7. The van der Waals surface area contributed by atoms with E-state index in [1.165, 1.54) is 56.9 Å². The van der Waals surface area contributed by atoms with E-state index in [0.717, 1.165) is 60.7 Å². The van der Waals surface area contributed by atoms with Crippen molar-refractivity contribution >= 4 is 0 Å². The largest absolute Gasteiger partial charge is 0.394 e. The van der Waals surface area contributed by atoms with Gasteiger partial charge in [0.1, 0.15) is 24.4 Å². The Morgan fingerprint density at radius 1 is 0.951 bits per heavy atom. The van der Waals surface area contributed by atoms with E-state index in [-0.39, 0.29) is 11.5 Å². The van der Waals surface area contributed by atoms with E-state index in [1.807, 2.05) is 0 Å². The fraction of sp³-hybridized carbons (Fsp3) is 0.943. The lowest BCUT2D eigenvalue weighted by molar-refractivity contribution is -0.313. The first-order chi connectivity index (χ1) is 19.4. The Bertz CT molecular complexity index is 918. The number of ether oxygens (including phenoxy) is 2. The summed E-state index contributed by atoms with van der Waals surface area (Å²) in [4.78, 5) is 0. The Morgan fingerprint density at radius 3 is 2.39 bits per heavy atom. The van der Waals surface area contributed by atoms with Gasteiger partial charge in [-0.25, -0.2) is 0 Å². The number of fused-ring (bicyclic) bond motifs is 5. The molecule has 0 aromatic rings. The van der Waals surface area contributed by atoms with Crippen LogP contribution in [0.15, 0.2) is 11.6 Å². The van der Waals surface area contributed by atoms with Crippen molar-refractivity contribution in [3.63, 3.8) is 0 Å². The Kier molecular flexibility index (Phi) is 9.71. The summed E-state index contributed by atoms with van der Waals surface area (Å²) in [6.07, 6.45) is 9.92. The molecule has 1 heterocycles. The van der Waals surface area contributed by atoms with E-state index in [2.05, 4.69) is 47.6 Å². The molecule has 41 heavy (non-hydrogen) atoms. The predicted octanol–water partition coefficient (Wildman–Crippen LogP) is 5.85. The van der Waals surface area contributed by atoms with Crippen LogP contribution in [-0.2, 0) is 9.47 Å². The molecule has 4 aliphatic carbocycles. The van der Waals surface area contributed by atoms with E-state index in [1.54, 1.807) is 0 Å². The third kappa shape index (κ3) is 5.73. The van der Waals surface area contributed by atoms with Gasteiger partial charge in [0.15, 0.2) is 6.29 Å². The van der Waals surface area contributed by atoms with Gasteiger partial charge in [0.2, 0.25) is 0 Å². The van der Waals surface area contributed by atoms with E-state index in [9.17, 15) is 20.4 Å². The third-order valence-electron chi connectivity index (χ3n) is 13.5. The summed E-state index contributed by atoms with van der Waals surface area (Å²) in [5.41, 5.74) is 2.19. The molecule has 0 aromatic heterocycles. The second kappa shape index (κ2) is 12.5. The highest BCUT2D eigenvalue weighted by Gasteiger charge is 2.59. The number of aliphatic hydroxyl groups is 4. The SMILES string of the molecule is CC[C@@H](CC[C@H](C)[C@H]1CC[C@@H]2[C@@H]3CC=C4C[C@@H](O[C@@H]5O[C@H](CO)[C@@H](O)[C@H](O)[C@H]5O)CC[C@@]4(C)[C@H]3CC[C@@]21C)C(C)C. The van der Waals surface area contributed by atoms with Crippen LogP contribution >= 0.6 is 0 Å². The van der Waals surface area contributed by atoms with E-state index in [4.69, 9.17) is 9.47 Å². The fourth-order valence-corrected chi connectivity index (χ4v) is 10.8. The molecule has 1 aliphatic heterocycles. The van der Waals surface area contributed by atoms with E-state index >= 15 is 0 Å². The molecule has 1 saturated heterocycles. The Balaban J connectivity index is 1.24. The molecule has 3 saturated carbocycles. The first kappa shape index (κ1) is 31.9. The van der Waals surface area contributed by atoms with Gasteiger partial charge < -0.3 is 29.9 Å². The summed E-state index contributed by atoms with van der Waals surface area (Å²) in [7, 11) is 0. The molecule has 0 spiro atoms. The minimum atomic E-state index is -1.40. The molecule has 236 valence electrons. The van der Waals surface area contributed by atoms with Crippen molar-refractivity contribution in [3.05, 3.63) is 11.6 Å². The normalized spacial score (nSPS) is 47.7. The van der Waals surface area contributed by atoms with Gasteiger partial charge in [-0.1, -0.05) is 66.0 Å². The van der Waals surface area contributed by atoms with Crippen LogP contribution in [0, 0.1) is 52.3 Å². The number of hydrogen-bond donors (Lipinski definition) is 4. The zero-order valence-corrected chi connectivity index (χ0v) is 26.7. The van der Waals surface area contributed by atoms with Gasteiger partial charge in [-0.2, -0.15) is 0 Å². The first-order valence-corrected chi connectivity index (χ1v) is 17.1. The van der Waals surface area contributed by atoms with Crippen LogP contribution in [0.3, 0.4) is 0 Å². The maximum absolute atomic E-state index is 10.5. The summed E-state index contributed by atoms with van der Waals surface area (Å²) in [6.45, 7) is 14.5. The molecule has 4 N–H and O–H groups in total. The minimum Gasteiger partial charge on any atom is -0.394 e. The van der Waals surface area contributed by atoms with Gasteiger partial charge in [0.05, 0.1) is 12.7 Å². The standard InChI is InChI=1S/C35H60O6/c1-7-22(20(2)3)9-8-21(4)26-12-13-27-25-11-10-23-18-24(14-16-34(23,5)28(25)15-17-35(26,27)6)40-33-32(39)31(38)30(37)29(19-36)41-33/h10,20-22,24-33,36-39H,7-9,11-19H2,1-6H3/t21-,22-,24-,25-,26+,27+,28-,29+,30+,31-,32+,33+,34+,35+/m0/s1. The van der Waals surface area contributed by atoms with Gasteiger partial charge >= 0.3 is 0 Å². The van der Waals surface area contributed by atoms with Crippen LogP contribution in [-0.4, -0.2) is 63.8 Å². The van der Waals surface area contributed by atoms with Crippen molar-refractivity contribution in [1.82, 2.24) is 0 Å². The Hall–Kier alpha value is -0.500. The zero-order valence-electron chi connectivity index (χ0n) is 26.7. The predicted molar refractivity (Wildman–Crippen MR) is 161 cm³/mol. The molecule has 4 fully saturated rings. The summed E-state index contributed by atoms with van der Waals surface area (Å²) in [5.74, 6) is 5.66. The lowest BCUT2D eigenvalue weighted by atomic mass is 9.47. The smallest absolute Gasteiger partial charge is 0.186 e. The Morgan fingerprint density at radius 2 is 1.71 bits per heavy atom. The van der Waals surface area contributed by atoms with Crippen LogP contribution in [0.4, 0.5) is 0 Å². The highest BCUT2D eigenvalue weighted by atomic mass is 16.7. The highest BCUT2D eigenvalue weighted by Crippen LogP contribution is 2.67. The monoisotopic (exact) mass is 576 g/mol. The van der Waals surface area contributed by atoms with Crippen molar-refractivity contribution in [1.29, 1.82) is 0 Å². The number of aliphatic hydroxyl groups excluding tert-OH is 4. The van der Waals surface area contributed by atoms with Crippen molar-refractivity contribution in [3.8, 4) is 0 Å². The molecule has 0 unspecified atom stereocenters. The van der Waals surface area contributed by atoms with Crippen molar-refractivity contribution < 1.29 is 29.9 Å². The van der Waals surface area contributed by atoms with Crippen LogP contribution in [0.5, 0.6) is 0 Å². The van der Waals surface area contributed by atoms with Gasteiger partial charge in [-0.15, -0.1) is 0 Å². The van der Waals surface area contributed by atoms with Crippen molar-refractivity contribution in [2.75, 3.05) is 6.61 Å². The maximum atomic E-state index is 10.5. The molecule has 6 nitrogen and oxygen atoms in total. The van der Waals surface area contributed by atoms with Crippen LogP contribution in [0.25, 0.3) is 0 Å². The number of allylic oxidation sites excluding steroid dienone is 1. The van der Waals surface area contributed by atoms with Crippen molar-refractivity contribution in [2.24, 2.45) is 52.3 Å². The van der Waals surface area contributed by atoms with Crippen LogP contribution < -0.4 is 0 Å². The molecular weight excluding hydrogens is 516 g/mol. The van der Waals surface area contributed by atoms with Crippen LogP contribution in [0.1, 0.15) is 112 Å². The zero-order chi connectivity index (χ0) is 29.7. The lowest BCUT2D eigenvalue weighted by Gasteiger charge is -2.58. The van der Waals surface area contributed by atoms with E-state index in [0.29, 0.717) is 5.41 Å². The van der Waals surface area contributed by atoms with Crippen molar-refractivity contribution in [2.45, 2.75) is 149 Å². The van der Waals surface area contributed by atoms with Gasteiger partial charge in [-0.3, -0.25) is 0 Å². The number of hydrogen-bond acceptors (Lipinski definition) is 6. The molecule has 0 amide bonds. The summed E-state index contributed by atoms with van der Waals surface area (Å²) < 4.78 is 11.9. The summed E-state index contributed by atoms with van der Waals surface area (Å²) >= 11 is 0. The molecule has 0 bridgehead atoms. The fourth-order valence-electron chi connectivity index (χ4n) is 10.8. The topological polar surface area (TPSA) is 99.4 Å². The molecule has 0 aromatic carbocycles. The molecule has 14 atom stereocenters. The van der Waals surface area contributed by atoms with Crippen LogP contribution in [0.2, 0.25) is 0 Å². The third-order valence-corrected chi connectivity index (χ3v) is 13.5. The lowest BCUT2D eigenvalue weighted by Crippen LogP contribution is -2.60. The highest BCUT2D eigenvalue weighted by molar-refractivity contribution is 5.25. The Labute approximate surface area is 249 Å². The summed E-state index contributed by atoms with van der Waals surface area (Å²) in [5, 5.41) is 40.4. The average Bonchev–Trinajstić information content (AvgIpc) is 3.30. The van der Waals surface area contributed by atoms with Gasteiger partial charge in [0, 0.05) is 0 Å². The molecular formula is C35H60O6. The molecule has 0 radical (unpaired) electrons.